The molecule has 16 heavy (non-hydrogen) atoms. The van der Waals surface area contributed by atoms with E-state index < -0.39 is 11.2 Å². The first-order chi connectivity index (χ1) is 7.59. The summed E-state index contributed by atoms with van der Waals surface area (Å²) in [4.78, 5) is 10.5. The molecule has 0 aromatic heterocycles. The minimum absolute atomic E-state index is 0.304. The van der Waals surface area contributed by atoms with Crippen LogP contribution >= 0.6 is 11.8 Å². The predicted molar refractivity (Wildman–Crippen MR) is 61.5 cm³/mol. The maximum atomic E-state index is 12.5. The average Bonchev–Trinajstić information content (AvgIpc) is 2.26. The second-order valence-corrected chi connectivity index (χ2v) is 4.60. The molecule has 1 N–H and O–H groups in total. The molecule has 0 fully saturated rings. The molecule has 0 amide bonds. The molecule has 0 aliphatic carbocycles. The van der Waals surface area contributed by atoms with Crippen molar-refractivity contribution in [2.45, 2.75) is 12.2 Å². The Kier molecular flexibility index (Phi) is 5.11. The monoisotopic (exact) mass is 244 g/mol. The Bertz CT molecular complexity index is 340. The number of aliphatic carboxylic acids is 1. The summed E-state index contributed by atoms with van der Waals surface area (Å²) in [6, 6.07) is 5.73. The standard InChI is InChI=1S/C11H13FO3S/c1-8(11(13)14)16-7-6-15-10-4-2-9(12)3-5-10/h2-5,8H,6-7H2,1H3,(H,13,14). The van der Waals surface area contributed by atoms with E-state index in [0.717, 1.165) is 0 Å². The lowest BCUT2D eigenvalue weighted by atomic mass is 10.3. The van der Waals surface area contributed by atoms with E-state index in [4.69, 9.17) is 9.84 Å². The first-order valence-corrected chi connectivity index (χ1v) is 5.87. The molecule has 88 valence electrons. The van der Waals surface area contributed by atoms with Crippen LogP contribution in [-0.2, 0) is 4.79 Å². The molecule has 1 rings (SSSR count). The molecule has 0 spiro atoms. The van der Waals surface area contributed by atoms with Crippen LogP contribution in [0.1, 0.15) is 6.92 Å². The van der Waals surface area contributed by atoms with Gasteiger partial charge in [0.15, 0.2) is 0 Å². The maximum Gasteiger partial charge on any atom is 0.316 e. The summed E-state index contributed by atoms with van der Waals surface area (Å²) in [5.74, 6) is 0.0446. The largest absolute Gasteiger partial charge is 0.493 e. The third-order valence-corrected chi connectivity index (χ3v) is 2.99. The van der Waals surface area contributed by atoms with Gasteiger partial charge in [-0.1, -0.05) is 0 Å². The van der Waals surface area contributed by atoms with E-state index in [2.05, 4.69) is 0 Å². The topological polar surface area (TPSA) is 46.5 Å². The van der Waals surface area contributed by atoms with Crippen LogP contribution in [0.15, 0.2) is 24.3 Å². The Morgan fingerprint density at radius 3 is 2.69 bits per heavy atom. The summed E-state index contributed by atoms with van der Waals surface area (Å²) in [5, 5.41) is 8.19. The van der Waals surface area contributed by atoms with Crippen LogP contribution in [0.4, 0.5) is 4.39 Å². The zero-order chi connectivity index (χ0) is 12.0. The van der Waals surface area contributed by atoms with E-state index in [0.29, 0.717) is 18.1 Å². The summed E-state index contributed by atoms with van der Waals surface area (Å²) >= 11 is 1.31. The van der Waals surface area contributed by atoms with E-state index in [-0.39, 0.29) is 5.82 Å². The molecule has 0 aliphatic heterocycles. The molecule has 0 radical (unpaired) electrons. The summed E-state index contributed by atoms with van der Waals surface area (Å²) in [6.07, 6.45) is 0. The van der Waals surface area contributed by atoms with E-state index >= 15 is 0 Å². The number of benzene rings is 1. The van der Waals surface area contributed by atoms with Gasteiger partial charge in [-0.25, -0.2) is 4.39 Å². The van der Waals surface area contributed by atoms with Crippen LogP contribution in [0.2, 0.25) is 0 Å². The molecular weight excluding hydrogens is 231 g/mol. The second-order valence-electron chi connectivity index (χ2n) is 3.15. The number of halogens is 1. The quantitative estimate of drug-likeness (QED) is 0.781. The number of ether oxygens (including phenoxy) is 1. The molecule has 0 saturated heterocycles. The van der Waals surface area contributed by atoms with Gasteiger partial charge in [-0.05, 0) is 31.2 Å². The lowest BCUT2D eigenvalue weighted by Gasteiger charge is -2.07. The van der Waals surface area contributed by atoms with Crippen molar-refractivity contribution in [2.24, 2.45) is 0 Å². The fraction of sp³-hybridized carbons (Fsp3) is 0.364. The number of rotatable bonds is 6. The zero-order valence-corrected chi connectivity index (χ0v) is 9.67. The molecule has 1 aromatic carbocycles. The van der Waals surface area contributed by atoms with Gasteiger partial charge in [0, 0.05) is 5.75 Å². The molecule has 0 heterocycles. The summed E-state index contributed by atoms with van der Waals surface area (Å²) in [5.41, 5.74) is 0. The van der Waals surface area contributed by atoms with Crippen molar-refractivity contribution in [1.29, 1.82) is 0 Å². The van der Waals surface area contributed by atoms with Gasteiger partial charge in [0.2, 0.25) is 0 Å². The Morgan fingerprint density at radius 2 is 2.12 bits per heavy atom. The van der Waals surface area contributed by atoms with Crippen LogP contribution in [0, 0.1) is 5.82 Å². The molecular formula is C11H13FO3S. The predicted octanol–water partition coefficient (Wildman–Crippen LogP) is 2.41. The molecule has 0 bridgehead atoms. The van der Waals surface area contributed by atoms with Crippen LogP contribution in [0.5, 0.6) is 5.75 Å². The third-order valence-electron chi connectivity index (χ3n) is 1.88. The van der Waals surface area contributed by atoms with Gasteiger partial charge >= 0.3 is 5.97 Å². The van der Waals surface area contributed by atoms with Crippen molar-refractivity contribution in [3.05, 3.63) is 30.1 Å². The Balaban J connectivity index is 2.21. The maximum absolute atomic E-state index is 12.5. The van der Waals surface area contributed by atoms with Crippen molar-refractivity contribution in [1.82, 2.24) is 0 Å². The fourth-order valence-corrected chi connectivity index (χ4v) is 1.66. The highest BCUT2D eigenvalue weighted by Crippen LogP contribution is 2.13. The molecule has 5 heteroatoms. The van der Waals surface area contributed by atoms with Crippen molar-refractivity contribution in [3.63, 3.8) is 0 Å². The molecule has 1 aromatic rings. The normalized spacial score (nSPS) is 12.1. The van der Waals surface area contributed by atoms with Crippen LogP contribution < -0.4 is 4.74 Å². The molecule has 0 saturated carbocycles. The van der Waals surface area contributed by atoms with Gasteiger partial charge in [0.05, 0.1) is 11.9 Å². The number of carboxylic acid groups (broad SMARTS) is 1. The number of carboxylic acids is 1. The molecule has 0 aliphatic rings. The molecule has 1 unspecified atom stereocenters. The van der Waals surface area contributed by atoms with E-state index in [1.807, 2.05) is 0 Å². The molecule has 1 atom stereocenters. The Morgan fingerprint density at radius 1 is 1.50 bits per heavy atom. The van der Waals surface area contributed by atoms with Gasteiger partial charge in [-0.15, -0.1) is 11.8 Å². The van der Waals surface area contributed by atoms with Gasteiger partial charge in [0.25, 0.3) is 0 Å². The van der Waals surface area contributed by atoms with Crippen molar-refractivity contribution in [2.75, 3.05) is 12.4 Å². The van der Waals surface area contributed by atoms with Crippen LogP contribution in [0.3, 0.4) is 0 Å². The Labute approximate surface area is 97.6 Å². The summed E-state index contributed by atoms with van der Waals surface area (Å²) in [7, 11) is 0. The number of hydrogen-bond acceptors (Lipinski definition) is 3. The van der Waals surface area contributed by atoms with Crippen molar-refractivity contribution in [3.8, 4) is 5.75 Å². The minimum Gasteiger partial charge on any atom is -0.493 e. The third kappa shape index (κ3) is 4.53. The summed E-state index contributed by atoms with van der Waals surface area (Å²) in [6.45, 7) is 2.04. The van der Waals surface area contributed by atoms with E-state index in [1.165, 1.54) is 23.9 Å². The van der Waals surface area contributed by atoms with E-state index in [1.54, 1.807) is 19.1 Å². The summed E-state index contributed by atoms with van der Waals surface area (Å²) < 4.78 is 17.9. The van der Waals surface area contributed by atoms with Gasteiger partial charge in [-0.3, -0.25) is 4.79 Å². The Hall–Kier alpha value is -1.23. The highest BCUT2D eigenvalue weighted by atomic mass is 32.2. The minimum atomic E-state index is -0.827. The van der Waals surface area contributed by atoms with Gasteiger partial charge in [0.1, 0.15) is 11.6 Å². The number of hydrogen-bond donors (Lipinski definition) is 1. The van der Waals surface area contributed by atoms with Crippen LogP contribution in [-0.4, -0.2) is 28.7 Å². The van der Waals surface area contributed by atoms with E-state index in [9.17, 15) is 9.18 Å². The lowest BCUT2D eigenvalue weighted by Crippen LogP contribution is -2.13. The molecule has 3 nitrogen and oxygen atoms in total. The van der Waals surface area contributed by atoms with Crippen LogP contribution in [0.25, 0.3) is 0 Å². The highest BCUT2D eigenvalue weighted by Gasteiger charge is 2.10. The smallest absolute Gasteiger partial charge is 0.316 e. The first-order valence-electron chi connectivity index (χ1n) is 4.82. The fourth-order valence-electron chi connectivity index (χ4n) is 0.987. The first kappa shape index (κ1) is 12.8. The van der Waals surface area contributed by atoms with Crippen molar-refractivity contribution < 1.29 is 19.0 Å². The van der Waals surface area contributed by atoms with Gasteiger partial charge in [-0.2, -0.15) is 0 Å². The zero-order valence-electron chi connectivity index (χ0n) is 8.85. The van der Waals surface area contributed by atoms with Crippen molar-refractivity contribution >= 4 is 17.7 Å². The van der Waals surface area contributed by atoms with Gasteiger partial charge < -0.3 is 9.84 Å². The highest BCUT2D eigenvalue weighted by molar-refractivity contribution is 8.00. The number of thioether (sulfide) groups is 1. The SMILES string of the molecule is CC(SCCOc1ccc(F)cc1)C(=O)O. The number of carbonyl (C=O) groups is 1. The lowest BCUT2D eigenvalue weighted by molar-refractivity contribution is -0.136. The second kappa shape index (κ2) is 6.37. The average molecular weight is 244 g/mol.